The predicted octanol–water partition coefficient (Wildman–Crippen LogP) is 2.91. The summed E-state index contributed by atoms with van der Waals surface area (Å²) in [5.74, 6) is -0.348. The molecule has 3 aromatic rings. The minimum atomic E-state index is -0.475. The van der Waals surface area contributed by atoms with Crippen LogP contribution in [0.5, 0.6) is 0 Å². The van der Waals surface area contributed by atoms with Gasteiger partial charge >= 0.3 is 0 Å². The lowest BCUT2D eigenvalue weighted by molar-refractivity contribution is -0.384. The summed E-state index contributed by atoms with van der Waals surface area (Å²) in [4.78, 5) is 26.4. The Balaban J connectivity index is 1.68. The van der Waals surface area contributed by atoms with E-state index < -0.39 is 4.92 Å². The van der Waals surface area contributed by atoms with Crippen LogP contribution in [0, 0.1) is 10.1 Å². The number of benzene rings is 2. The van der Waals surface area contributed by atoms with Crippen LogP contribution in [0.2, 0.25) is 0 Å². The molecule has 7 nitrogen and oxygen atoms in total. The van der Waals surface area contributed by atoms with Crippen molar-refractivity contribution >= 4 is 28.7 Å². The Bertz CT molecular complexity index is 936. The molecule has 7 heteroatoms. The summed E-state index contributed by atoms with van der Waals surface area (Å²) in [6, 6.07) is 14.7. The highest BCUT2D eigenvalue weighted by Crippen LogP contribution is 2.13. The molecule has 0 unspecified atom stereocenters. The Morgan fingerprint density at radius 3 is 2.71 bits per heavy atom. The third-order valence-corrected chi connectivity index (χ3v) is 3.35. The summed E-state index contributed by atoms with van der Waals surface area (Å²) in [7, 11) is 0. The van der Waals surface area contributed by atoms with Crippen LogP contribution < -0.4 is 5.43 Å². The third-order valence-electron chi connectivity index (χ3n) is 3.35. The lowest BCUT2D eigenvalue weighted by Crippen LogP contribution is -2.17. The van der Waals surface area contributed by atoms with Crippen LogP contribution >= 0.6 is 0 Å². The maximum absolute atomic E-state index is 12.1. The van der Waals surface area contributed by atoms with E-state index in [1.165, 1.54) is 18.3 Å². The van der Waals surface area contributed by atoms with E-state index in [9.17, 15) is 14.9 Å². The molecule has 0 saturated heterocycles. The number of hydrogen-bond acceptors (Lipinski definition) is 5. The van der Waals surface area contributed by atoms with Gasteiger partial charge in [0, 0.05) is 29.3 Å². The van der Waals surface area contributed by atoms with Crippen LogP contribution in [0.3, 0.4) is 0 Å². The van der Waals surface area contributed by atoms with E-state index in [4.69, 9.17) is 0 Å². The van der Waals surface area contributed by atoms with Crippen LogP contribution in [-0.4, -0.2) is 22.0 Å². The molecule has 0 aliphatic rings. The van der Waals surface area contributed by atoms with Crippen LogP contribution in [0.25, 0.3) is 10.9 Å². The molecule has 0 aliphatic carbocycles. The maximum atomic E-state index is 12.1. The molecule has 0 saturated carbocycles. The van der Waals surface area contributed by atoms with Gasteiger partial charge in [-0.25, -0.2) is 5.43 Å². The number of hydrazone groups is 1. The standard InChI is InChI=1S/C17H12N4O3/c22-17(14-5-8-16-13(10-14)2-1-9-18-16)20-19-11-12-3-6-15(7-4-12)21(23)24/h1-11H,(H,20,22)/b19-11-. The molecule has 1 N–H and O–H groups in total. The summed E-state index contributed by atoms with van der Waals surface area (Å²) >= 11 is 0. The number of nitro benzene ring substituents is 1. The van der Waals surface area contributed by atoms with Crippen molar-refractivity contribution in [2.45, 2.75) is 0 Å². The first-order chi connectivity index (χ1) is 11.6. The molecule has 0 atom stereocenters. The molecule has 0 spiro atoms. The number of hydrogen-bond donors (Lipinski definition) is 1. The van der Waals surface area contributed by atoms with E-state index in [1.54, 1.807) is 42.6 Å². The zero-order valence-corrected chi connectivity index (χ0v) is 12.4. The van der Waals surface area contributed by atoms with Gasteiger partial charge in [0.25, 0.3) is 11.6 Å². The number of rotatable bonds is 4. The van der Waals surface area contributed by atoms with E-state index in [0.717, 1.165) is 10.9 Å². The molecule has 118 valence electrons. The molecule has 0 aliphatic heterocycles. The number of fused-ring (bicyclic) bond motifs is 1. The highest BCUT2D eigenvalue weighted by molar-refractivity contribution is 5.98. The zero-order chi connectivity index (χ0) is 16.9. The van der Waals surface area contributed by atoms with Gasteiger partial charge in [-0.2, -0.15) is 5.10 Å². The highest BCUT2D eigenvalue weighted by atomic mass is 16.6. The smallest absolute Gasteiger partial charge is 0.267 e. The highest BCUT2D eigenvalue weighted by Gasteiger charge is 2.06. The lowest BCUT2D eigenvalue weighted by Gasteiger charge is -2.02. The second-order valence-corrected chi connectivity index (χ2v) is 4.96. The van der Waals surface area contributed by atoms with Crippen molar-refractivity contribution in [1.29, 1.82) is 0 Å². The van der Waals surface area contributed by atoms with Crippen molar-refractivity contribution in [3.63, 3.8) is 0 Å². The van der Waals surface area contributed by atoms with Gasteiger partial charge in [0.2, 0.25) is 0 Å². The molecule has 3 rings (SSSR count). The number of aromatic nitrogens is 1. The van der Waals surface area contributed by atoms with Crippen LogP contribution in [0.4, 0.5) is 5.69 Å². The fourth-order valence-electron chi connectivity index (χ4n) is 2.13. The molecule has 0 fully saturated rings. The Kier molecular flexibility index (Phi) is 4.24. The lowest BCUT2D eigenvalue weighted by atomic mass is 10.1. The van der Waals surface area contributed by atoms with Crippen molar-refractivity contribution in [1.82, 2.24) is 10.4 Å². The Morgan fingerprint density at radius 2 is 1.96 bits per heavy atom. The number of amides is 1. The summed E-state index contributed by atoms with van der Waals surface area (Å²) in [6.45, 7) is 0. The Labute approximate surface area is 136 Å². The molecule has 1 aromatic heterocycles. The van der Waals surface area contributed by atoms with E-state index in [1.807, 2.05) is 6.07 Å². The van der Waals surface area contributed by atoms with Gasteiger partial charge in [-0.3, -0.25) is 19.9 Å². The number of non-ortho nitro benzene ring substituents is 1. The number of nitro groups is 1. The molecular formula is C17H12N4O3. The minimum Gasteiger partial charge on any atom is -0.267 e. The number of nitrogens with one attached hydrogen (secondary N) is 1. The van der Waals surface area contributed by atoms with Gasteiger partial charge < -0.3 is 0 Å². The number of carbonyl (C=O) groups is 1. The van der Waals surface area contributed by atoms with Gasteiger partial charge in [-0.05, 0) is 42.0 Å². The first-order valence-corrected chi connectivity index (χ1v) is 7.06. The fraction of sp³-hybridized carbons (Fsp3) is 0. The third kappa shape index (κ3) is 3.41. The van der Waals surface area contributed by atoms with E-state index in [2.05, 4.69) is 15.5 Å². The molecule has 24 heavy (non-hydrogen) atoms. The van der Waals surface area contributed by atoms with Crippen molar-refractivity contribution < 1.29 is 9.72 Å². The van der Waals surface area contributed by atoms with Gasteiger partial charge in [0.1, 0.15) is 0 Å². The van der Waals surface area contributed by atoms with Crippen LogP contribution in [-0.2, 0) is 0 Å². The predicted molar refractivity (Wildman–Crippen MR) is 89.9 cm³/mol. The van der Waals surface area contributed by atoms with Crippen molar-refractivity contribution in [3.8, 4) is 0 Å². The topological polar surface area (TPSA) is 97.5 Å². The largest absolute Gasteiger partial charge is 0.271 e. The molecular weight excluding hydrogens is 308 g/mol. The van der Waals surface area contributed by atoms with Crippen molar-refractivity contribution in [2.75, 3.05) is 0 Å². The average molecular weight is 320 g/mol. The number of pyridine rings is 1. The summed E-state index contributed by atoms with van der Waals surface area (Å²) in [5.41, 5.74) is 4.35. The second kappa shape index (κ2) is 6.66. The quantitative estimate of drug-likeness (QED) is 0.454. The molecule has 0 bridgehead atoms. The normalized spacial score (nSPS) is 10.8. The SMILES string of the molecule is O=C(N/N=C\c1ccc([N+](=O)[O-])cc1)c1ccc2ncccc2c1. The Hall–Kier alpha value is -3.61. The summed E-state index contributed by atoms with van der Waals surface area (Å²) in [5, 5.41) is 15.3. The van der Waals surface area contributed by atoms with Crippen molar-refractivity contribution in [3.05, 3.63) is 82.0 Å². The molecule has 2 aromatic carbocycles. The van der Waals surface area contributed by atoms with Crippen molar-refractivity contribution in [2.24, 2.45) is 5.10 Å². The zero-order valence-electron chi connectivity index (χ0n) is 12.4. The minimum absolute atomic E-state index is 0.000888. The number of carbonyl (C=O) groups excluding carboxylic acids is 1. The first-order valence-electron chi connectivity index (χ1n) is 7.06. The monoisotopic (exact) mass is 320 g/mol. The van der Waals surface area contributed by atoms with Gasteiger partial charge in [-0.1, -0.05) is 6.07 Å². The van der Waals surface area contributed by atoms with Crippen LogP contribution in [0.15, 0.2) is 65.9 Å². The van der Waals surface area contributed by atoms with Gasteiger partial charge in [0.15, 0.2) is 0 Å². The molecule has 0 radical (unpaired) electrons. The van der Waals surface area contributed by atoms with E-state index in [-0.39, 0.29) is 11.6 Å². The summed E-state index contributed by atoms with van der Waals surface area (Å²) < 4.78 is 0. The van der Waals surface area contributed by atoms with E-state index in [0.29, 0.717) is 11.1 Å². The molecule has 1 amide bonds. The van der Waals surface area contributed by atoms with Gasteiger partial charge in [0.05, 0.1) is 16.7 Å². The maximum Gasteiger partial charge on any atom is 0.271 e. The summed E-state index contributed by atoms with van der Waals surface area (Å²) in [6.07, 6.45) is 3.11. The number of nitrogens with zero attached hydrogens (tertiary/aromatic N) is 3. The fourth-order valence-corrected chi connectivity index (χ4v) is 2.13. The van der Waals surface area contributed by atoms with E-state index >= 15 is 0 Å². The first kappa shape index (κ1) is 15.3. The van der Waals surface area contributed by atoms with Gasteiger partial charge in [-0.15, -0.1) is 0 Å². The molecule has 1 heterocycles. The average Bonchev–Trinajstić information content (AvgIpc) is 2.61. The Morgan fingerprint density at radius 1 is 1.17 bits per heavy atom. The second-order valence-electron chi connectivity index (χ2n) is 4.96. The van der Waals surface area contributed by atoms with Crippen LogP contribution in [0.1, 0.15) is 15.9 Å².